The van der Waals surface area contributed by atoms with Crippen LogP contribution in [0.2, 0.25) is 0 Å². The molecule has 2 aromatic rings. The molecule has 1 aromatic carbocycles. The van der Waals surface area contributed by atoms with Gasteiger partial charge in [-0.15, -0.1) is 5.10 Å². The van der Waals surface area contributed by atoms with Crippen LogP contribution < -0.4 is 5.73 Å². The number of nitrogens with zero attached hydrogens (tertiary/aromatic N) is 4. The Balaban J connectivity index is 2.45. The van der Waals surface area contributed by atoms with Crippen molar-refractivity contribution >= 4 is 5.69 Å². The first-order valence-corrected chi connectivity index (χ1v) is 6.94. The summed E-state index contributed by atoms with van der Waals surface area (Å²) in [5, 5.41) is 12.0. The van der Waals surface area contributed by atoms with Crippen LogP contribution in [0, 0.1) is 11.2 Å². The van der Waals surface area contributed by atoms with E-state index < -0.39 is 5.82 Å². The maximum Gasteiger partial charge on any atom is 0.182 e. The Labute approximate surface area is 124 Å². The lowest BCUT2D eigenvalue weighted by molar-refractivity contribution is 0.197. The number of benzene rings is 1. The highest BCUT2D eigenvalue weighted by Gasteiger charge is 2.31. The van der Waals surface area contributed by atoms with E-state index in [0.29, 0.717) is 11.4 Å². The molecule has 114 valence electrons. The van der Waals surface area contributed by atoms with Gasteiger partial charge in [-0.1, -0.05) is 20.8 Å². The van der Waals surface area contributed by atoms with Gasteiger partial charge < -0.3 is 5.73 Å². The lowest BCUT2D eigenvalue weighted by Gasteiger charge is -2.32. The van der Waals surface area contributed by atoms with E-state index in [2.05, 4.69) is 50.1 Å². The molecular formula is C15H22FN5. The number of rotatable bonds is 3. The molecule has 0 spiro atoms. The number of nitrogens with two attached hydrogens (primary N) is 1. The van der Waals surface area contributed by atoms with E-state index in [-0.39, 0.29) is 16.6 Å². The highest BCUT2D eigenvalue weighted by Crippen LogP contribution is 2.34. The van der Waals surface area contributed by atoms with E-state index in [1.807, 2.05) is 0 Å². The summed E-state index contributed by atoms with van der Waals surface area (Å²) in [4.78, 5) is 0. The van der Waals surface area contributed by atoms with Gasteiger partial charge >= 0.3 is 0 Å². The zero-order valence-corrected chi connectivity index (χ0v) is 13.2. The molecule has 21 heavy (non-hydrogen) atoms. The van der Waals surface area contributed by atoms with Gasteiger partial charge in [0.05, 0.1) is 11.2 Å². The molecular weight excluding hydrogens is 269 g/mol. The molecule has 0 fully saturated rings. The van der Waals surface area contributed by atoms with Crippen LogP contribution >= 0.6 is 0 Å². The van der Waals surface area contributed by atoms with Gasteiger partial charge in [0.15, 0.2) is 5.82 Å². The zero-order valence-electron chi connectivity index (χ0n) is 13.2. The minimum absolute atomic E-state index is 0.0932. The van der Waals surface area contributed by atoms with E-state index in [1.54, 1.807) is 16.8 Å². The van der Waals surface area contributed by atoms with Crippen molar-refractivity contribution in [2.75, 3.05) is 5.73 Å². The second kappa shape index (κ2) is 5.09. The van der Waals surface area contributed by atoms with Crippen molar-refractivity contribution in [3.05, 3.63) is 24.0 Å². The number of anilines is 1. The average Bonchev–Trinajstić information content (AvgIpc) is 2.79. The standard InChI is InChI=1S/C15H22FN5/c1-14(2,3)9-15(4,5)21-13(18-19-20-21)10-6-7-11(16)12(17)8-10/h6-8H,9,17H2,1-5H3. The van der Waals surface area contributed by atoms with Crippen molar-refractivity contribution in [2.45, 2.75) is 46.6 Å². The van der Waals surface area contributed by atoms with Gasteiger partial charge in [-0.3, -0.25) is 0 Å². The third-order valence-electron chi connectivity index (χ3n) is 3.26. The Morgan fingerprint density at radius 3 is 2.43 bits per heavy atom. The van der Waals surface area contributed by atoms with Crippen molar-refractivity contribution in [3.63, 3.8) is 0 Å². The molecule has 0 aliphatic rings. The summed E-state index contributed by atoms with van der Waals surface area (Å²) < 4.78 is 15.1. The fourth-order valence-corrected chi connectivity index (χ4v) is 2.83. The molecule has 0 atom stereocenters. The fourth-order valence-electron chi connectivity index (χ4n) is 2.83. The van der Waals surface area contributed by atoms with E-state index in [1.165, 1.54) is 6.07 Å². The average molecular weight is 291 g/mol. The van der Waals surface area contributed by atoms with Crippen molar-refractivity contribution in [3.8, 4) is 11.4 Å². The number of halogens is 1. The topological polar surface area (TPSA) is 69.6 Å². The number of hydrogen-bond donors (Lipinski definition) is 1. The molecule has 0 amide bonds. The van der Waals surface area contributed by atoms with Gasteiger partial charge in [0, 0.05) is 5.56 Å². The molecule has 0 aliphatic heterocycles. The Morgan fingerprint density at radius 2 is 1.86 bits per heavy atom. The fraction of sp³-hybridized carbons (Fsp3) is 0.533. The van der Waals surface area contributed by atoms with Crippen LogP contribution in [-0.2, 0) is 5.54 Å². The smallest absolute Gasteiger partial charge is 0.182 e. The minimum Gasteiger partial charge on any atom is -0.396 e. The van der Waals surface area contributed by atoms with Gasteiger partial charge in [-0.25, -0.2) is 9.07 Å². The normalized spacial score (nSPS) is 12.7. The molecule has 0 aliphatic carbocycles. The lowest BCUT2D eigenvalue weighted by atomic mass is 9.82. The number of aromatic nitrogens is 4. The predicted molar refractivity (Wildman–Crippen MR) is 81.0 cm³/mol. The van der Waals surface area contributed by atoms with Crippen LogP contribution in [0.15, 0.2) is 18.2 Å². The maximum absolute atomic E-state index is 13.3. The SMILES string of the molecule is CC(C)(C)CC(C)(C)n1nnnc1-c1ccc(F)c(N)c1. The first kappa shape index (κ1) is 15.4. The molecule has 2 N–H and O–H groups in total. The summed E-state index contributed by atoms with van der Waals surface area (Å²) in [5.41, 5.74) is 6.31. The summed E-state index contributed by atoms with van der Waals surface area (Å²) in [6, 6.07) is 4.53. The summed E-state index contributed by atoms with van der Waals surface area (Å²) in [5.74, 6) is 0.155. The van der Waals surface area contributed by atoms with E-state index in [0.717, 1.165) is 6.42 Å². The molecule has 1 aromatic heterocycles. The third-order valence-corrected chi connectivity index (χ3v) is 3.26. The number of tetrazole rings is 1. The number of hydrogen-bond acceptors (Lipinski definition) is 4. The van der Waals surface area contributed by atoms with Gasteiger partial charge in [0.25, 0.3) is 0 Å². The Morgan fingerprint density at radius 1 is 1.19 bits per heavy atom. The van der Waals surface area contributed by atoms with Gasteiger partial charge in [-0.05, 0) is 54.3 Å². The lowest BCUT2D eigenvalue weighted by Crippen LogP contribution is -2.33. The van der Waals surface area contributed by atoms with Crippen LogP contribution in [-0.4, -0.2) is 20.2 Å². The van der Waals surface area contributed by atoms with Crippen LogP contribution in [0.4, 0.5) is 10.1 Å². The van der Waals surface area contributed by atoms with Gasteiger partial charge in [-0.2, -0.15) is 0 Å². The van der Waals surface area contributed by atoms with Crippen molar-refractivity contribution < 1.29 is 4.39 Å². The molecule has 5 nitrogen and oxygen atoms in total. The van der Waals surface area contributed by atoms with Gasteiger partial charge in [0.1, 0.15) is 5.82 Å². The molecule has 1 heterocycles. The zero-order chi connectivity index (χ0) is 15.8. The molecule has 0 saturated carbocycles. The van der Waals surface area contributed by atoms with Crippen LogP contribution in [0.3, 0.4) is 0 Å². The molecule has 0 radical (unpaired) electrons. The first-order chi connectivity index (χ1) is 9.60. The minimum atomic E-state index is -0.438. The highest BCUT2D eigenvalue weighted by atomic mass is 19.1. The molecule has 0 unspecified atom stereocenters. The van der Waals surface area contributed by atoms with Crippen molar-refractivity contribution in [1.82, 2.24) is 20.2 Å². The molecule has 6 heteroatoms. The molecule has 0 saturated heterocycles. The first-order valence-electron chi connectivity index (χ1n) is 6.94. The monoisotopic (exact) mass is 291 g/mol. The molecule has 2 rings (SSSR count). The van der Waals surface area contributed by atoms with Crippen molar-refractivity contribution in [1.29, 1.82) is 0 Å². The highest BCUT2D eigenvalue weighted by molar-refractivity contribution is 5.61. The van der Waals surface area contributed by atoms with E-state index in [9.17, 15) is 4.39 Å². The Kier molecular flexibility index (Phi) is 3.74. The summed E-state index contributed by atoms with van der Waals surface area (Å²) in [6.45, 7) is 10.7. The predicted octanol–water partition coefficient (Wildman–Crippen LogP) is 3.23. The number of nitrogen functional groups attached to an aromatic ring is 1. The largest absolute Gasteiger partial charge is 0.396 e. The van der Waals surface area contributed by atoms with Crippen LogP contribution in [0.1, 0.15) is 41.0 Å². The molecule has 0 bridgehead atoms. The second-order valence-electron chi connectivity index (χ2n) is 7.20. The van der Waals surface area contributed by atoms with E-state index >= 15 is 0 Å². The summed E-state index contributed by atoms with van der Waals surface area (Å²) in [7, 11) is 0. The summed E-state index contributed by atoms with van der Waals surface area (Å²) >= 11 is 0. The Hall–Kier alpha value is -1.98. The summed E-state index contributed by atoms with van der Waals surface area (Å²) in [6.07, 6.45) is 0.898. The second-order valence-corrected chi connectivity index (χ2v) is 7.20. The third kappa shape index (κ3) is 3.37. The van der Waals surface area contributed by atoms with Crippen LogP contribution in [0.5, 0.6) is 0 Å². The Bertz CT molecular complexity index is 640. The maximum atomic E-state index is 13.3. The van der Waals surface area contributed by atoms with E-state index in [4.69, 9.17) is 5.73 Å². The van der Waals surface area contributed by atoms with Crippen molar-refractivity contribution in [2.24, 2.45) is 5.41 Å². The van der Waals surface area contributed by atoms with Gasteiger partial charge in [0.2, 0.25) is 0 Å². The quantitative estimate of drug-likeness (QED) is 0.881. The van der Waals surface area contributed by atoms with Crippen LogP contribution in [0.25, 0.3) is 11.4 Å².